The third kappa shape index (κ3) is 6.30. The summed E-state index contributed by atoms with van der Waals surface area (Å²) in [5.41, 5.74) is 1.65. The number of benzene rings is 1. The minimum Gasteiger partial charge on any atom is -0.357 e. The number of nitrogens with zero attached hydrogens (tertiary/aromatic N) is 3. The van der Waals surface area contributed by atoms with Crippen molar-refractivity contribution in [3.8, 4) is 0 Å². The molecule has 0 saturated heterocycles. The summed E-state index contributed by atoms with van der Waals surface area (Å²) in [5.74, 6) is -0.316. The molecule has 0 amide bonds. The van der Waals surface area contributed by atoms with Gasteiger partial charge in [-0.05, 0) is 37.1 Å². The van der Waals surface area contributed by atoms with E-state index in [9.17, 15) is 8.78 Å². The van der Waals surface area contributed by atoms with Gasteiger partial charge >= 0.3 is 0 Å². The molecule has 0 atom stereocenters. The highest BCUT2D eigenvalue weighted by atomic mass is 127. The lowest BCUT2D eigenvalue weighted by Crippen LogP contribution is -2.39. The number of guanidine groups is 1. The van der Waals surface area contributed by atoms with E-state index in [1.807, 2.05) is 38.2 Å². The van der Waals surface area contributed by atoms with Crippen LogP contribution in [-0.2, 0) is 20.0 Å². The van der Waals surface area contributed by atoms with Gasteiger partial charge in [-0.2, -0.15) is 0 Å². The van der Waals surface area contributed by atoms with Gasteiger partial charge in [-0.25, -0.2) is 8.78 Å². The molecule has 0 radical (unpaired) electrons. The fourth-order valence-electron chi connectivity index (χ4n) is 2.46. The highest BCUT2D eigenvalue weighted by molar-refractivity contribution is 14.0. The van der Waals surface area contributed by atoms with Crippen LogP contribution in [0, 0.1) is 11.6 Å². The smallest absolute Gasteiger partial charge is 0.194 e. The van der Waals surface area contributed by atoms with Crippen LogP contribution in [-0.4, -0.2) is 35.6 Å². The molecule has 25 heavy (non-hydrogen) atoms. The summed E-state index contributed by atoms with van der Waals surface area (Å²) in [7, 11) is 3.97. The number of hydrogen-bond acceptors (Lipinski definition) is 1. The molecule has 0 aliphatic heterocycles. The van der Waals surface area contributed by atoms with Crippen LogP contribution in [0.25, 0.3) is 0 Å². The van der Waals surface area contributed by atoms with E-state index in [1.54, 1.807) is 0 Å². The summed E-state index contributed by atoms with van der Waals surface area (Å²) in [6.45, 7) is 3.91. The predicted octanol–water partition coefficient (Wildman–Crippen LogP) is 3.56. The van der Waals surface area contributed by atoms with Crippen molar-refractivity contribution in [2.75, 3.05) is 20.1 Å². The summed E-state index contributed by atoms with van der Waals surface area (Å²) in [6, 6.07) is 7.72. The molecule has 2 aromatic rings. The van der Waals surface area contributed by atoms with Gasteiger partial charge in [-0.3, -0.25) is 4.99 Å². The first kappa shape index (κ1) is 21.4. The molecule has 0 fully saturated rings. The Bertz CT molecular complexity index is 700. The van der Waals surface area contributed by atoms with E-state index in [4.69, 9.17) is 0 Å². The van der Waals surface area contributed by atoms with Crippen LogP contribution in [0.3, 0.4) is 0 Å². The minimum atomic E-state index is -0.560. The van der Waals surface area contributed by atoms with E-state index in [0.29, 0.717) is 18.5 Å². The topological polar surface area (TPSA) is 32.6 Å². The largest absolute Gasteiger partial charge is 0.357 e. The average Bonchev–Trinajstić information content (AvgIpc) is 2.93. The van der Waals surface area contributed by atoms with Crippen LogP contribution >= 0.6 is 24.0 Å². The van der Waals surface area contributed by atoms with Gasteiger partial charge in [0, 0.05) is 45.1 Å². The fraction of sp³-hybridized carbons (Fsp3) is 0.389. The van der Waals surface area contributed by atoms with Crippen molar-refractivity contribution in [1.29, 1.82) is 0 Å². The van der Waals surface area contributed by atoms with Crippen molar-refractivity contribution < 1.29 is 8.78 Å². The van der Waals surface area contributed by atoms with Crippen LogP contribution in [0.1, 0.15) is 18.2 Å². The fourth-order valence-corrected chi connectivity index (χ4v) is 2.46. The third-order valence-corrected chi connectivity index (χ3v) is 3.80. The number of hydrogen-bond donors (Lipinski definition) is 1. The van der Waals surface area contributed by atoms with Gasteiger partial charge in [-0.1, -0.05) is 6.07 Å². The summed E-state index contributed by atoms with van der Waals surface area (Å²) >= 11 is 0. The SMILES string of the molecule is CCNC(=NCCc1ccc(F)cc1F)N(C)Cc1cccn1C.I. The number of halogens is 3. The van der Waals surface area contributed by atoms with Crippen LogP contribution in [0.4, 0.5) is 8.78 Å². The zero-order valence-electron chi connectivity index (χ0n) is 14.8. The molecule has 1 aromatic heterocycles. The molecule has 0 spiro atoms. The van der Waals surface area contributed by atoms with Crippen molar-refractivity contribution in [1.82, 2.24) is 14.8 Å². The van der Waals surface area contributed by atoms with E-state index >= 15 is 0 Å². The average molecular weight is 462 g/mol. The third-order valence-electron chi connectivity index (χ3n) is 3.80. The Hall–Kier alpha value is -1.64. The lowest BCUT2D eigenvalue weighted by molar-refractivity contribution is 0.462. The highest BCUT2D eigenvalue weighted by Crippen LogP contribution is 2.10. The van der Waals surface area contributed by atoms with Crippen LogP contribution in [0.15, 0.2) is 41.5 Å². The van der Waals surface area contributed by atoms with E-state index in [0.717, 1.165) is 25.1 Å². The van der Waals surface area contributed by atoms with Gasteiger partial charge in [0.05, 0.1) is 6.54 Å². The zero-order valence-corrected chi connectivity index (χ0v) is 17.1. The Morgan fingerprint density at radius 1 is 1.28 bits per heavy atom. The predicted molar refractivity (Wildman–Crippen MR) is 108 cm³/mol. The van der Waals surface area contributed by atoms with E-state index < -0.39 is 11.6 Å². The summed E-state index contributed by atoms with van der Waals surface area (Å²) in [5, 5.41) is 3.24. The lowest BCUT2D eigenvalue weighted by atomic mass is 10.1. The van der Waals surface area contributed by atoms with Crippen LogP contribution < -0.4 is 5.32 Å². The normalized spacial score (nSPS) is 11.2. The summed E-state index contributed by atoms with van der Waals surface area (Å²) in [4.78, 5) is 6.57. The van der Waals surface area contributed by atoms with Gasteiger partial charge in [0.15, 0.2) is 5.96 Å². The van der Waals surface area contributed by atoms with Crippen molar-refractivity contribution in [3.05, 3.63) is 59.4 Å². The first-order chi connectivity index (χ1) is 11.5. The van der Waals surface area contributed by atoms with E-state index in [-0.39, 0.29) is 24.0 Å². The Kier molecular flexibility index (Phi) is 8.88. The van der Waals surface area contributed by atoms with E-state index in [2.05, 4.69) is 20.9 Å². The van der Waals surface area contributed by atoms with Crippen molar-refractivity contribution >= 4 is 29.9 Å². The zero-order chi connectivity index (χ0) is 17.5. The number of aliphatic imine (C=N–C) groups is 1. The Labute approximate surface area is 165 Å². The molecule has 2 rings (SSSR count). The molecule has 1 heterocycles. The Balaban J connectivity index is 0.00000312. The van der Waals surface area contributed by atoms with Gasteiger partial charge in [0.25, 0.3) is 0 Å². The second-order valence-corrected chi connectivity index (χ2v) is 5.69. The molecule has 1 aromatic carbocycles. The molecule has 1 N–H and O–H groups in total. The van der Waals surface area contributed by atoms with Crippen LogP contribution in [0.2, 0.25) is 0 Å². The molecule has 0 unspecified atom stereocenters. The number of aryl methyl sites for hydroxylation is 1. The maximum absolute atomic E-state index is 13.7. The summed E-state index contributed by atoms with van der Waals surface area (Å²) < 4.78 is 28.7. The van der Waals surface area contributed by atoms with Gasteiger partial charge in [-0.15, -0.1) is 24.0 Å². The van der Waals surface area contributed by atoms with Crippen molar-refractivity contribution in [2.45, 2.75) is 19.9 Å². The standard InChI is InChI=1S/C18H24F2N4.HI/c1-4-21-18(24(3)13-16-6-5-11-23(16)2)22-10-9-14-7-8-15(19)12-17(14)20;/h5-8,11-12H,4,9-10,13H2,1-3H3,(H,21,22);1H. The number of nitrogens with one attached hydrogen (secondary N) is 1. The maximum atomic E-state index is 13.7. The molecule has 0 bridgehead atoms. The summed E-state index contributed by atoms with van der Waals surface area (Å²) in [6.07, 6.45) is 2.43. The van der Waals surface area contributed by atoms with Gasteiger partial charge in [0.2, 0.25) is 0 Å². The van der Waals surface area contributed by atoms with Gasteiger partial charge in [0.1, 0.15) is 11.6 Å². The number of rotatable bonds is 6. The quantitative estimate of drug-likeness (QED) is 0.405. The maximum Gasteiger partial charge on any atom is 0.194 e. The molecule has 0 aliphatic carbocycles. The first-order valence-electron chi connectivity index (χ1n) is 8.05. The molecule has 0 saturated carbocycles. The van der Waals surface area contributed by atoms with Crippen molar-refractivity contribution in [3.63, 3.8) is 0 Å². The second kappa shape index (κ2) is 10.4. The minimum absolute atomic E-state index is 0. The monoisotopic (exact) mass is 462 g/mol. The lowest BCUT2D eigenvalue weighted by Gasteiger charge is -2.22. The molecule has 138 valence electrons. The Morgan fingerprint density at radius 2 is 2.04 bits per heavy atom. The molecular formula is C18H25F2IN4. The molecule has 4 nitrogen and oxygen atoms in total. The Morgan fingerprint density at radius 3 is 2.64 bits per heavy atom. The van der Waals surface area contributed by atoms with E-state index in [1.165, 1.54) is 17.8 Å². The van der Waals surface area contributed by atoms with Crippen LogP contribution in [0.5, 0.6) is 0 Å². The number of aromatic nitrogens is 1. The molecule has 0 aliphatic rings. The molecular weight excluding hydrogens is 437 g/mol. The molecule has 7 heteroatoms. The highest BCUT2D eigenvalue weighted by Gasteiger charge is 2.09. The first-order valence-corrected chi connectivity index (χ1v) is 8.05. The second-order valence-electron chi connectivity index (χ2n) is 5.69. The van der Waals surface area contributed by atoms with Crippen molar-refractivity contribution in [2.24, 2.45) is 12.0 Å². The van der Waals surface area contributed by atoms with Gasteiger partial charge < -0.3 is 14.8 Å².